The molecule has 1 aromatic heterocycles. The molecule has 1 heterocycles. The minimum Gasteiger partial charge on any atom is -0.351 e. The maximum atomic E-state index is 11.2. The van der Waals surface area contributed by atoms with Crippen LogP contribution in [0.25, 0.3) is 0 Å². The number of nitrogens with zero attached hydrogens (tertiary/aromatic N) is 1. The Kier molecular flexibility index (Phi) is 3.61. The molecule has 0 radical (unpaired) electrons. The molecule has 0 bridgehead atoms. The Balaban J connectivity index is 2.76. The van der Waals surface area contributed by atoms with Crippen molar-refractivity contribution in [3.63, 3.8) is 0 Å². The first kappa shape index (κ1) is 11.0. The molecule has 1 rings (SSSR count). The number of hydrogen-bond acceptors (Lipinski definition) is 3. The van der Waals surface area contributed by atoms with Crippen LogP contribution in [0.1, 0.15) is 0 Å². The molecule has 0 aromatic carbocycles. The molecule has 2 N–H and O–H groups in total. The molecule has 0 aliphatic heterocycles. The number of rotatable bonds is 4. The molecule has 1 amide bonds. The van der Waals surface area contributed by atoms with Gasteiger partial charge >= 0.3 is 0 Å². The average Bonchev–Trinajstić information content (AvgIpc) is 2.20. The van der Waals surface area contributed by atoms with Gasteiger partial charge in [0, 0.05) is 18.7 Å². The van der Waals surface area contributed by atoms with E-state index in [9.17, 15) is 14.4 Å². The minimum atomic E-state index is -0.427. The van der Waals surface area contributed by atoms with E-state index in [1.165, 1.54) is 6.08 Å². The molecule has 0 saturated heterocycles. The van der Waals surface area contributed by atoms with Gasteiger partial charge in [-0.05, 0) is 0 Å². The van der Waals surface area contributed by atoms with Gasteiger partial charge in [-0.15, -0.1) is 6.58 Å². The average molecular weight is 209 g/mol. The number of H-pyrrole nitrogens is 1. The Morgan fingerprint density at radius 2 is 2.27 bits per heavy atom. The second kappa shape index (κ2) is 4.94. The summed E-state index contributed by atoms with van der Waals surface area (Å²) in [6.45, 7) is 3.55. The highest BCUT2D eigenvalue weighted by Gasteiger charge is 2.02. The van der Waals surface area contributed by atoms with Gasteiger partial charge in [-0.2, -0.15) is 0 Å². The Bertz CT molecular complexity index is 472. The van der Waals surface area contributed by atoms with E-state index in [-0.39, 0.29) is 12.5 Å². The van der Waals surface area contributed by atoms with Crippen LogP contribution < -0.4 is 16.4 Å². The lowest BCUT2D eigenvalue weighted by Gasteiger charge is -2.04. The van der Waals surface area contributed by atoms with Crippen LogP contribution in [0.3, 0.4) is 0 Å². The highest BCUT2D eigenvalue weighted by molar-refractivity contribution is 5.75. The molecule has 0 aliphatic carbocycles. The summed E-state index contributed by atoms with van der Waals surface area (Å²) < 4.78 is 0.945. The second-order valence-corrected chi connectivity index (χ2v) is 2.83. The normalized spacial score (nSPS) is 9.60. The van der Waals surface area contributed by atoms with Crippen molar-refractivity contribution in [2.45, 2.75) is 6.54 Å². The molecule has 0 fully saturated rings. The zero-order valence-corrected chi connectivity index (χ0v) is 8.03. The van der Waals surface area contributed by atoms with Crippen molar-refractivity contribution in [3.8, 4) is 0 Å². The lowest BCUT2D eigenvalue weighted by molar-refractivity contribution is -0.121. The molecule has 0 spiro atoms. The Morgan fingerprint density at radius 3 is 2.93 bits per heavy atom. The van der Waals surface area contributed by atoms with E-state index in [2.05, 4.69) is 17.0 Å². The number of carbonyl (C=O) groups is 1. The van der Waals surface area contributed by atoms with Gasteiger partial charge in [0.05, 0.1) is 0 Å². The van der Waals surface area contributed by atoms with E-state index in [1.54, 1.807) is 0 Å². The van der Waals surface area contributed by atoms with Crippen LogP contribution >= 0.6 is 0 Å². The van der Waals surface area contributed by atoms with Gasteiger partial charge in [-0.1, -0.05) is 6.08 Å². The van der Waals surface area contributed by atoms with Crippen LogP contribution in [0, 0.1) is 0 Å². The molecule has 0 unspecified atom stereocenters. The molecule has 0 aliphatic rings. The van der Waals surface area contributed by atoms with Crippen LogP contribution in [-0.2, 0) is 11.3 Å². The molecule has 6 nitrogen and oxygen atoms in total. The molecule has 6 heteroatoms. The van der Waals surface area contributed by atoms with Crippen LogP contribution in [0.2, 0.25) is 0 Å². The maximum Gasteiger partial charge on any atom is 0.265 e. The largest absolute Gasteiger partial charge is 0.351 e. The highest BCUT2D eigenvalue weighted by atomic mass is 16.2. The van der Waals surface area contributed by atoms with E-state index in [0.717, 1.165) is 16.8 Å². The summed E-state index contributed by atoms with van der Waals surface area (Å²) in [5, 5.41) is 4.73. The van der Waals surface area contributed by atoms with Crippen molar-refractivity contribution in [1.29, 1.82) is 0 Å². The van der Waals surface area contributed by atoms with Crippen LogP contribution in [0.15, 0.2) is 34.4 Å². The van der Waals surface area contributed by atoms with Crippen LogP contribution in [0.4, 0.5) is 0 Å². The molecule has 0 atom stereocenters. The Morgan fingerprint density at radius 1 is 1.53 bits per heavy atom. The first-order chi connectivity index (χ1) is 7.13. The summed E-state index contributed by atoms with van der Waals surface area (Å²) in [5.74, 6) is -0.362. The van der Waals surface area contributed by atoms with Crippen molar-refractivity contribution < 1.29 is 4.79 Å². The van der Waals surface area contributed by atoms with Gasteiger partial charge in [-0.25, -0.2) is 4.68 Å². The monoisotopic (exact) mass is 209 g/mol. The van der Waals surface area contributed by atoms with Crippen molar-refractivity contribution in [2.75, 3.05) is 6.54 Å². The summed E-state index contributed by atoms with van der Waals surface area (Å²) in [4.78, 5) is 33.2. The third kappa shape index (κ3) is 3.26. The van der Waals surface area contributed by atoms with Gasteiger partial charge in [-0.3, -0.25) is 19.5 Å². The van der Waals surface area contributed by atoms with E-state index in [4.69, 9.17) is 0 Å². The highest BCUT2D eigenvalue weighted by Crippen LogP contribution is 1.74. The first-order valence-electron chi connectivity index (χ1n) is 4.31. The summed E-state index contributed by atoms with van der Waals surface area (Å²) in [7, 11) is 0. The fraction of sp³-hybridized carbons (Fsp3) is 0.222. The van der Waals surface area contributed by atoms with E-state index < -0.39 is 11.1 Å². The van der Waals surface area contributed by atoms with Gasteiger partial charge in [0.1, 0.15) is 6.54 Å². The molecule has 80 valence electrons. The molecular weight excluding hydrogens is 198 g/mol. The van der Waals surface area contributed by atoms with Gasteiger partial charge in [0.2, 0.25) is 5.91 Å². The zero-order valence-electron chi connectivity index (χ0n) is 8.03. The summed E-state index contributed by atoms with van der Waals surface area (Å²) in [6, 6.07) is 2.22. The zero-order chi connectivity index (χ0) is 11.3. The van der Waals surface area contributed by atoms with Gasteiger partial charge in [0.15, 0.2) is 0 Å². The predicted molar refractivity (Wildman–Crippen MR) is 54.5 cm³/mol. The third-order valence-corrected chi connectivity index (χ3v) is 1.63. The van der Waals surface area contributed by atoms with Crippen LogP contribution in [0.5, 0.6) is 0 Å². The van der Waals surface area contributed by atoms with E-state index >= 15 is 0 Å². The molecule has 1 aromatic rings. The molecule has 15 heavy (non-hydrogen) atoms. The summed E-state index contributed by atoms with van der Waals surface area (Å²) in [6.07, 6.45) is 1.52. The molecular formula is C9H11N3O3. The summed E-state index contributed by atoms with van der Waals surface area (Å²) >= 11 is 0. The second-order valence-electron chi connectivity index (χ2n) is 2.83. The minimum absolute atomic E-state index is 0.206. The maximum absolute atomic E-state index is 11.2. The lowest BCUT2D eigenvalue weighted by atomic mass is 10.5. The smallest absolute Gasteiger partial charge is 0.265 e. The first-order valence-corrected chi connectivity index (χ1v) is 4.31. The van der Waals surface area contributed by atoms with Crippen molar-refractivity contribution in [3.05, 3.63) is 45.5 Å². The van der Waals surface area contributed by atoms with E-state index in [1.807, 2.05) is 0 Å². The predicted octanol–water partition coefficient (Wildman–Crippen LogP) is -1.16. The van der Waals surface area contributed by atoms with Crippen molar-refractivity contribution in [1.82, 2.24) is 15.1 Å². The fourth-order valence-corrected chi connectivity index (χ4v) is 0.965. The number of hydrogen-bond donors (Lipinski definition) is 2. The lowest BCUT2D eigenvalue weighted by Crippen LogP contribution is -2.35. The fourth-order valence-electron chi connectivity index (χ4n) is 0.965. The number of aromatic nitrogens is 2. The van der Waals surface area contributed by atoms with E-state index in [0.29, 0.717) is 6.54 Å². The third-order valence-electron chi connectivity index (χ3n) is 1.63. The van der Waals surface area contributed by atoms with Crippen molar-refractivity contribution >= 4 is 5.91 Å². The SMILES string of the molecule is C=CCNC(=O)Cn1[nH]c(=O)ccc1=O. The standard InChI is InChI=1S/C9H11N3O3/c1-2-5-10-8(14)6-12-9(15)4-3-7(13)11-12/h2-4H,1,5-6H2,(H,10,14)(H,11,13). The number of carbonyl (C=O) groups excluding carboxylic acids is 1. The Labute approximate surface area is 85.2 Å². The Hall–Kier alpha value is -2.11. The summed E-state index contributed by atoms with van der Waals surface area (Å²) in [5.41, 5.74) is -0.852. The molecule has 0 saturated carbocycles. The quantitative estimate of drug-likeness (QED) is 0.613. The number of nitrogens with one attached hydrogen (secondary N) is 2. The number of aromatic amines is 1. The van der Waals surface area contributed by atoms with Crippen molar-refractivity contribution in [2.24, 2.45) is 0 Å². The number of amides is 1. The topological polar surface area (TPSA) is 84.0 Å². The van der Waals surface area contributed by atoms with Crippen LogP contribution in [-0.4, -0.2) is 22.2 Å². The van der Waals surface area contributed by atoms with Gasteiger partial charge < -0.3 is 5.32 Å². The van der Waals surface area contributed by atoms with Gasteiger partial charge in [0.25, 0.3) is 11.1 Å².